The monoisotopic (exact) mass is 386 g/mol. The van der Waals surface area contributed by atoms with Gasteiger partial charge in [-0.2, -0.15) is 0 Å². The second kappa shape index (κ2) is 15.7. The van der Waals surface area contributed by atoms with Crippen molar-refractivity contribution in [2.45, 2.75) is 39.0 Å². The first kappa shape index (κ1) is 23.8. The van der Waals surface area contributed by atoms with Crippen LogP contribution in [0, 0.1) is 11.8 Å². The van der Waals surface area contributed by atoms with E-state index >= 15 is 0 Å². The van der Waals surface area contributed by atoms with E-state index in [0.29, 0.717) is 52.5 Å². The van der Waals surface area contributed by atoms with Gasteiger partial charge in [-0.05, 0) is 25.2 Å². The Bertz CT molecular complexity index is 436. The quantitative estimate of drug-likeness (QED) is 0.246. The van der Waals surface area contributed by atoms with Gasteiger partial charge >= 0.3 is 5.97 Å². The maximum absolute atomic E-state index is 12.0. The number of ketones is 1. The van der Waals surface area contributed by atoms with Crippen molar-refractivity contribution in [2.75, 3.05) is 52.9 Å². The van der Waals surface area contributed by atoms with Gasteiger partial charge in [0.25, 0.3) is 0 Å². The summed E-state index contributed by atoms with van der Waals surface area (Å²) in [5.41, 5.74) is 0. The molecule has 0 aliphatic heterocycles. The van der Waals surface area contributed by atoms with E-state index in [1.54, 1.807) is 0 Å². The van der Waals surface area contributed by atoms with Crippen molar-refractivity contribution in [3.8, 4) is 0 Å². The molecule has 0 radical (unpaired) electrons. The normalized spacial score (nSPS) is 19.9. The summed E-state index contributed by atoms with van der Waals surface area (Å²) in [6, 6.07) is 0. The molecule has 7 nitrogen and oxygen atoms in total. The summed E-state index contributed by atoms with van der Waals surface area (Å²) in [6.45, 7) is 4.66. The number of rotatable bonds is 16. The Kier molecular flexibility index (Phi) is 13.9. The molecule has 1 N–H and O–H groups in total. The number of allylic oxidation sites excluding steroid dienone is 2. The van der Waals surface area contributed by atoms with Crippen LogP contribution in [-0.4, -0.2) is 69.7 Å². The van der Waals surface area contributed by atoms with Crippen molar-refractivity contribution >= 4 is 11.8 Å². The summed E-state index contributed by atoms with van der Waals surface area (Å²) < 4.78 is 20.9. The molecule has 0 bridgehead atoms. The number of Topliss-reactive ketones (excluding diaryl/α,β-unsaturated/α-hetero) is 1. The topological polar surface area (TPSA) is 91.3 Å². The highest BCUT2D eigenvalue weighted by Gasteiger charge is 2.35. The molecular weight excluding hydrogens is 352 g/mol. The Morgan fingerprint density at radius 1 is 1.04 bits per heavy atom. The molecule has 2 unspecified atom stereocenters. The Morgan fingerprint density at radius 2 is 1.67 bits per heavy atom. The minimum atomic E-state index is -0.264. The number of carbonyl (C=O) groups is 2. The second-order valence-electron chi connectivity index (χ2n) is 6.47. The molecule has 0 aromatic carbocycles. The van der Waals surface area contributed by atoms with Crippen LogP contribution < -0.4 is 0 Å². The molecule has 0 aromatic heterocycles. The zero-order chi connectivity index (χ0) is 19.7. The summed E-state index contributed by atoms with van der Waals surface area (Å²) in [5, 5.41) is 8.54. The summed E-state index contributed by atoms with van der Waals surface area (Å²) in [6.07, 6.45) is 7.42. The molecular formula is C20H34O7. The zero-order valence-electron chi connectivity index (χ0n) is 16.4. The molecule has 0 aromatic rings. The fourth-order valence-corrected chi connectivity index (χ4v) is 3.05. The number of aliphatic hydroxyl groups excluding tert-OH is 1. The van der Waals surface area contributed by atoms with Gasteiger partial charge in [0.2, 0.25) is 0 Å². The van der Waals surface area contributed by atoms with Gasteiger partial charge in [-0.3, -0.25) is 9.59 Å². The number of hydrogen-bond acceptors (Lipinski definition) is 7. The average Bonchev–Trinajstić information content (AvgIpc) is 2.99. The third kappa shape index (κ3) is 11.2. The molecule has 1 saturated carbocycles. The van der Waals surface area contributed by atoms with Crippen LogP contribution in [0.15, 0.2) is 12.2 Å². The van der Waals surface area contributed by atoms with Crippen LogP contribution in [0.3, 0.4) is 0 Å². The van der Waals surface area contributed by atoms with E-state index in [4.69, 9.17) is 24.1 Å². The van der Waals surface area contributed by atoms with E-state index in [-0.39, 0.29) is 36.8 Å². The Hall–Kier alpha value is -1.28. The maximum atomic E-state index is 12.0. The standard InChI is InChI=1S/C20H34O7/c1-2-3-4-5-18-17(6-7-19(18)22)16-20(23)27-15-14-26-13-12-25-11-10-24-9-8-21/h3-4,17-18,21H,2,5-16H2,1H3. The molecule has 27 heavy (non-hydrogen) atoms. The lowest BCUT2D eigenvalue weighted by Gasteiger charge is -2.16. The third-order valence-electron chi connectivity index (χ3n) is 4.44. The van der Waals surface area contributed by atoms with Crippen molar-refractivity contribution in [1.29, 1.82) is 0 Å². The SMILES string of the molecule is CCC=CCC1C(=O)CCC1CC(=O)OCCOCCOCCOCCO. The van der Waals surface area contributed by atoms with Gasteiger partial charge in [0, 0.05) is 18.8 Å². The second-order valence-corrected chi connectivity index (χ2v) is 6.47. The number of aliphatic hydroxyl groups is 1. The molecule has 7 heteroatoms. The van der Waals surface area contributed by atoms with Gasteiger partial charge in [0.15, 0.2) is 0 Å². The molecule has 0 spiro atoms. The lowest BCUT2D eigenvalue weighted by molar-refractivity contribution is -0.146. The van der Waals surface area contributed by atoms with Crippen LogP contribution in [0.1, 0.15) is 39.0 Å². The van der Waals surface area contributed by atoms with Gasteiger partial charge in [-0.1, -0.05) is 19.1 Å². The highest BCUT2D eigenvalue weighted by atomic mass is 16.6. The van der Waals surface area contributed by atoms with Crippen LogP contribution in [0.25, 0.3) is 0 Å². The van der Waals surface area contributed by atoms with Gasteiger partial charge in [0.05, 0.1) is 46.2 Å². The molecule has 1 aliphatic carbocycles. The first-order valence-corrected chi connectivity index (χ1v) is 9.86. The Morgan fingerprint density at radius 3 is 2.30 bits per heavy atom. The minimum Gasteiger partial charge on any atom is -0.463 e. The Labute approximate surface area is 162 Å². The highest BCUT2D eigenvalue weighted by Crippen LogP contribution is 2.34. The van der Waals surface area contributed by atoms with E-state index in [9.17, 15) is 9.59 Å². The molecule has 0 heterocycles. The summed E-state index contributed by atoms with van der Waals surface area (Å²) >= 11 is 0. The fraction of sp³-hybridized carbons (Fsp3) is 0.800. The first-order chi connectivity index (χ1) is 13.2. The lowest BCUT2D eigenvalue weighted by Crippen LogP contribution is -2.20. The van der Waals surface area contributed by atoms with Crippen LogP contribution >= 0.6 is 0 Å². The van der Waals surface area contributed by atoms with Crippen molar-refractivity contribution in [2.24, 2.45) is 11.8 Å². The van der Waals surface area contributed by atoms with E-state index in [1.807, 2.05) is 6.08 Å². The van der Waals surface area contributed by atoms with Crippen LogP contribution in [0.2, 0.25) is 0 Å². The van der Waals surface area contributed by atoms with E-state index in [1.165, 1.54) is 0 Å². The highest BCUT2D eigenvalue weighted by molar-refractivity contribution is 5.84. The molecule has 1 rings (SSSR count). The maximum Gasteiger partial charge on any atom is 0.306 e. The van der Waals surface area contributed by atoms with Crippen LogP contribution in [0.5, 0.6) is 0 Å². The van der Waals surface area contributed by atoms with E-state index in [2.05, 4.69) is 13.0 Å². The molecule has 1 fully saturated rings. The van der Waals surface area contributed by atoms with Crippen LogP contribution in [-0.2, 0) is 28.5 Å². The van der Waals surface area contributed by atoms with E-state index < -0.39 is 0 Å². The largest absolute Gasteiger partial charge is 0.463 e. The van der Waals surface area contributed by atoms with Gasteiger partial charge in [-0.15, -0.1) is 0 Å². The predicted molar refractivity (Wildman–Crippen MR) is 100 cm³/mol. The summed E-state index contributed by atoms with van der Waals surface area (Å²) in [7, 11) is 0. The van der Waals surface area contributed by atoms with E-state index in [0.717, 1.165) is 19.3 Å². The number of esters is 1. The predicted octanol–water partition coefficient (Wildman–Crippen LogP) is 1.91. The van der Waals surface area contributed by atoms with Crippen LogP contribution in [0.4, 0.5) is 0 Å². The first-order valence-electron chi connectivity index (χ1n) is 9.86. The molecule has 2 atom stereocenters. The molecule has 0 amide bonds. The fourth-order valence-electron chi connectivity index (χ4n) is 3.05. The summed E-state index contributed by atoms with van der Waals surface area (Å²) in [5.74, 6) is 0.0442. The Balaban J connectivity index is 2.03. The van der Waals surface area contributed by atoms with Crippen molar-refractivity contribution in [1.82, 2.24) is 0 Å². The third-order valence-corrected chi connectivity index (χ3v) is 4.44. The van der Waals surface area contributed by atoms with Gasteiger partial charge < -0.3 is 24.1 Å². The van der Waals surface area contributed by atoms with Gasteiger partial charge in [0.1, 0.15) is 12.4 Å². The van der Waals surface area contributed by atoms with Crippen molar-refractivity contribution in [3.63, 3.8) is 0 Å². The van der Waals surface area contributed by atoms with Gasteiger partial charge in [-0.25, -0.2) is 0 Å². The molecule has 0 saturated heterocycles. The molecule has 156 valence electrons. The zero-order valence-corrected chi connectivity index (χ0v) is 16.4. The number of carbonyl (C=O) groups excluding carboxylic acids is 2. The molecule has 1 aliphatic rings. The van der Waals surface area contributed by atoms with Crippen molar-refractivity contribution in [3.05, 3.63) is 12.2 Å². The number of hydrogen-bond donors (Lipinski definition) is 1. The number of ether oxygens (including phenoxy) is 4. The average molecular weight is 386 g/mol. The summed E-state index contributed by atoms with van der Waals surface area (Å²) in [4.78, 5) is 24.0. The minimum absolute atomic E-state index is 0.00937. The van der Waals surface area contributed by atoms with Crippen molar-refractivity contribution < 1.29 is 33.6 Å². The smallest absolute Gasteiger partial charge is 0.306 e. The lowest BCUT2D eigenvalue weighted by atomic mass is 9.89.